The van der Waals surface area contributed by atoms with Crippen LogP contribution in [-0.2, 0) is 0 Å². The Morgan fingerprint density at radius 2 is 0.413 bits per heavy atom. The summed E-state index contributed by atoms with van der Waals surface area (Å²) >= 11 is 0.451. The van der Waals surface area contributed by atoms with Crippen molar-refractivity contribution in [3.8, 4) is 22.3 Å². The van der Waals surface area contributed by atoms with Crippen molar-refractivity contribution >= 4 is 95.5 Å². The minimum atomic E-state index is 0.113. The van der Waals surface area contributed by atoms with Crippen LogP contribution in [0, 0.1) is 0 Å². The van der Waals surface area contributed by atoms with E-state index in [0.29, 0.717) is 0 Å². The second-order valence-corrected chi connectivity index (χ2v) is 19.6. The second kappa shape index (κ2) is 15.5. The third-order valence-corrected chi connectivity index (χ3v) is 18.0. The summed E-state index contributed by atoms with van der Waals surface area (Å²) in [6.45, 7) is 0. The molecule has 46 heavy (non-hydrogen) atoms. The molecule has 0 aliphatic carbocycles. The molecule has 0 fully saturated rings. The third-order valence-electron chi connectivity index (χ3n) is 7.30. The van der Waals surface area contributed by atoms with Crippen molar-refractivity contribution in [2.24, 2.45) is 0 Å². The summed E-state index contributed by atoms with van der Waals surface area (Å²) in [5.41, 5.74) is 5.60. The zero-order chi connectivity index (χ0) is 31.0. The normalized spacial score (nSPS) is 11.0. The maximum atomic E-state index is 2.34. The zero-order valence-electron chi connectivity index (χ0n) is 25.0. The first-order valence-corrected chi connectivity index (χ1v) is 21.9. The van der Waals surface area contributed by atoms with Crippen LogP contribution in [0.4, 0.5) is 0 Å². The predicted octanol–water partition coefficient (Wildman–Crippen LogP) is 3.64. The van der Waals surface area contributed by atoms with Crippen LogP contribution in [-0.4, -0.2) is 59.8 Å². The van der Waals surface area contributed by atoms with Crippen molar-refractivity contribution in [1.82, 2.24) is 0 Å². The fraction of sp³-hybridized carbons (Fsp3) is 0. The van der Waals surface area contributed by atoms with E-state index >= 15 is 0 Å². The standard InChI is InChI=1S/C42H30Se4/c1-7-19-31(20-8-1)37-39(43-33-23-11-3-12-24-33)41(45-35-27-15-5-16-28-35)38(32-21-9-2-10-22-32)42(46-36-29-17-6-18-30-36)40(37)44-34-25-13-4-14-26-34/h1-30H. The average Bonchev–Trinajstić information content (AvgIpc) is 3.12. The molecule has 0 heterocycles. The van der Waals surface area contributed by atoms with Crippen LogP contribution in [0.1, 0.15) is 0 Å². The predicted molar refractivity (Wildman–Crippen MR) is 203 cm³/mol. The molecule has 0 atom stereocenters. The van der Waals surface area contributed by atoms with E-state index < -0.39 is 0 Å². The molecule has 0 aliphatic rings. The van der Waals surface area contributed by atoms with E-state index in [2.05, 4.69) is 182 Å². The first-order chi connectivity index (χ1) is 22.8. The van der Waals surface area contributed by atoms with Gasteiger partial charge in [0.15, 0.2) is 0 Å². The van der Waals surface area contributed by atoms with Gasteiger partial charge in [-0.15, -0.1) is 0 Å². The maximum absolute atomic E-state index is 2.34. The van der Waals surface area contributed by atoms with Gasteiger partial charge < -0.3 is 0 Å². The quantitative estimate of drug-likeness (QED) is 0.185. The van der Waals surface area contributed by atoms with Gasteiger partial charge in [0.05, 0.1) is 0 Å². The Labute approximate surface area is 297 Å². The molecular weight excluding hydrogens is 820 g/mol. The van der Waals surface area contributed by atoms with Gasteiger partial charge >= 0.3 is 300 Å². The summed E-state index contributed by atoms with van der Waals surface area (Å²) < 4.78 is 11.8. The summed E-state index contributed by atoms with van der Waals surface area (Å²) in [6, 6.07) is 67.2. The van der Waals surface area contributed by atoms with Crippen molar-refractivity contribution in [3.05, 3.63) is 182 Å². The van der Waals surface area contributed by atoms with E-state index in [4.69, 9.17) is 0 Å². The Hall–Kier alpha value is -3.38. The number of hydrogen-bond acceptors (Lipinski definition) is 0. The van der Waals surface area contributed by atoms with Gasteiger partial charge in [0.25, 0.3) is 0 Å². The van der Waals surface area contributed by atoms with Gasteiger partial charge in [0.1, 0.15) is 0 Å². The fourth-order valence-corrected chi connectivity index (χ4v) is 16.5. The average molecular weight is 851 g/mol. The molecule has 4 heteroatoms. The van der Waals surface area contributed by atoms with E-state index in [9.17, 15) is 0 Å². The number of benzene rings is 7. The van der Waals surface area contributed by atoms with E-state index in [-0.39, 0.29) is 59.8 Å². The molecule has 0 amide bonds. The Morgan fingerprint density at radius 1 is 0.217 bits per heavy atom. The molecule has 7 aromatic rings. The van der Waals surface area contributed by atoms with E-state index in [1.165, 1.54) is 57.9 Å². The monoisotopic (exact) mass is 854 g/mol. The van der Waals surface area contributed by atoms with E-state index in [1.54, 1.807) is 0 Å². The molecule has 0 radical (unpaired) electrons. The Morgan fingerprint density at radius 3 is 0.630 bits per heavy atom. The van der Waals surface area contributed by atoms with Crippen LogP contribution >= 0.6 is 0 Å². The fourth-order valence-electron chi connectivity index (χ4n) is 5.21. The Kier molecular flexibility index (Phi) is 10.5. The van der Waals surface area contributed by atoms with E-state index in [0.717, 1.165) is 0 Å². The van der Waals surface area contributed by atoms with Gasteiger partial charge in [-0.3, -0.25) is 0 Å². The van der Waals surface area contributed by atoms with Gasteiger partial charge in [-0.2, -0.15) is 0 Å². The van der Waals surface area contributed by atoms with Gasteiger partial charge in [0.2, 0.25) is 0 Å². The van der Waals surface area contributed by atoms with Crippen molar-refractivity contribution in [2.45, 2.75) is 0 Å². The van der Waals surface area contributed by atoms with Crippen molar-refractivity contribution in [1.29, 1.82) is 0 Å². The number of rotatable bonds is 10. The topological polar surface area (TPSA) is 0 Å². The summed E-state index contributed by atoms with van der Waals surface area (Å²) in [4.78, 5) is 0. The van der Waals surface area contributed by atoms with Crippen LogP contribution in [0.2, 0.25) is 0 Å². The molecule has 0 saturated heterocycles. The summed E-state index contributed by atoms with van der Waals surface area (Å²) in [7, 11) is 0. The van der Waals surface area contributed by atoms with Crippen molar-refractivity contribution in [3.63, 3.8) is 0 Å². The Balaban J connectivity index is 1.63. The molecule has 7 rings (SSSR count). The molecule has 0 bridgehead atoms. The van der Waals surface area contributed by atoms with Crippen LogP contribution in [0.25, 0.3) is 22.3 Å². The molecule has 0 unspecified atom stereocenters. The molecule has 0 saturated carbocycles. The zero-order valence-corrected chi connectivity index (χ0v) is 31.8. The Bertz CT molecular complexity index is 1740. The molecule has 0 aliphatic heterocycles. The van der Waals surface area contributed by atoms with E-state index in [1.807, 2.05) is 0 Å². The van der Waals surface area contributed by atoms with Crippen LogP contribution in [0.5, 0.6) is 0 Å². The second-order valence-electron chi connectivity index (χ2n) is 10.5. The SMILES string of the molecule is c1ccc([Se]c2c([Se]c3ccccc3)c(-c3ccccc3)c([Se]c3ccccc3)c([Se]c3ccccc3)c2-c2ccccc2)cc1. The molecule has 0 spiro atoms. The summed E-state index contributed by atoms with van der Waals surface area (Å²) in [5, 5.41) is 0. The molecule has 0 N–H and O–H groups in total. The molecular formula is C42H30Se4. The minimum absolute atomic E-state index is 0.113. The third kappa shape index (κ3) is 7.43. The van der Waals surface area contributed by atoms with Gasteiger partial charge in [0, 0.05) is 0 Å². The van der Waals surface area contributed by atoms with Crippen LogP contribution < -0.4 is 35.7 Å². The number of hydrogen-bond donors (Lipinski definition) is 0. The van der Waals surface area contributed by atoms with Crippen LogP contribution in [0.3, 0.4) is 0 Å². The molecule has 0 nitrogen and oxygen atoms in total. The summed E-state index contributed by atoms with van der Waals surface area (Å²) in [5.74, 6) is 0. The van der Waals surface area contributed by atoms with Crippen molar-refractivity contribution in [2.75, 3.05) is 0 Å². The van der Waals surface area contributed by atoms with Crippen molar-refractivity contribution < 1.29 is 0 Å². The first kappa shape index (κ1) is 31.2. The molecule has 222 valence electrons. The van der Waals surface area contributed by atoms with Gasteiger partial charge in [-0.05, 0) is 0 Å². The first-order valence-electron chi connectivity index (χ1n) is 15.1. The molecule has 7 aromatic carbocycles. The van der Waals surface area contributed by atoms with Gasteiger partial charge in [-0.1, -0.05) is 0 Å². The van der Waals surface area contributed by atoms with Gasteiger partial charge in [-0.25, -0.2) is 0 Å². The molecule has 0 aromatic heterocycles. The van der Waals surface area contributed by atoms with Crippen LogP contribution in [0.15, 0.2) is 182 Å². The summed E-state index contributed by atoms with van der Waals surface area (Å²) in [6.07, 6.45) is 0.